The van der Waals surface area contributed by atoms with Crippen LogP contribution >= 0.6 is 0 Å². The van der Waals surface area contributed by atoms with Crippen LogP contribution in [0.1, 0.15) is 0 Å². The van der Waals surface area contributed by atoms with Crippen molar-refractivity contribution in [2.75, 3.05) is 0 Å². The Labute approximate surface area is 69.1 Å². The summed E-state index contributed by atoms with van der Waals surface area (Å²) in [4.78, 5) is 0. The predicted octanol–water partition coefficient (Wildman–Crippen LogP) is 2.68. The van der Waals surface area contributed by atoms with Gasteiger partial charge in [-0.15, -0.1) is 0 Å². The van der Waals surface area contributed by atoms with E-state index >= 15 is 0 Å². The number of benzene rings is 2. The molecule has 0 aliphatic rings. The maximum atomic E-state index is 12.8. The zero-order valence-corrected chi connectivity index (χ0v) is 6.29. The molecule has 0 saturated heterocycles. The topological polar surface area (TPSA) is 20.2 Å². The van der Waals surface area contributed by atoms with Gasteiger partial charge in [0.1, 0.15) is 0 Å². The maximum Gasteiger partial charge on any atom is 0.165 e. The summed E-state index contributed by atoms with van der Waals surface area (Å²) in [7, 11) is 0. The van der Waals surface area contributed by atoms with E-state index in [0.29, 0.717) is 5.39 Å². The van der Waals surface area contributed by atoms with Gasteiger partial charge in [0.15, 0.2) is 11.6 Å². The summed E-state index contributed by atoms with van der Waals surface area (Å²) in [6, 6.07) is 10.0. The second-order valence-electron chi connectivity index (χ2n) is 2.62. The zero-order valence-electron chi connectivity index (χ0n) is 6.29. The van der Waals surface area contributed by atoms with Crippen molar-refractivity contribution in [3.05, 3.63) is 42.2 Å². The van der Waals surface area contributed by atoms with Crippen LogP contribution in [-0.4, -0.2) is 5.11 Å². The third-order valence-electron chi connectivity index (χ3n) is 1.85. The van der Waals surface area contributed by atoms with Gasteiger partial charge >= 0.3 is 0 Å². The molecule has 0 saturated carbocycles. The maximum absolute atomic E-state index is 12.8. The van der Waals surface area contributed by atoms with Crippen molar-refractivity contribution in [3.63, 3.8) is 0 Å². The van der Waals surface area contributed by atoms with Crippen molar-refractivity contribution in [1.29, 1.82) is 0 Å². The summed E-state index contributed by atoms with van der Waals surface area (Å²) in [6.45, 7) is 0. The summed E-state index contributed by atoms with van der Waals surface area (Å²) >= 11 is 0. The molecule has 12 heavy (non-hydrogen) atoms. The van der Waals surface area contributed by atoms with Gasteiger partial charge in [-0.3, -0.25) is 0 Å². The number of phenols is 1. The Hall–Kier alpha value is -1.57. The molecule has 0 aliphatic heterocycles. The fourth-order valence-electron chi connectivity index (χ4n) is 1.23. The van der Waals surface area contributed by atoms with Crippen LogP contribution in [-0.2, 0) is 0 Å². The highest BCUT2D eigenvalue weighted by Crippen LogP contribution is 2.26. The molecule has 2 rings (SSSR count). The van der Waals surface area contributed by atoms with Gasteiger partial charge in [0, 0.05) is 5.39 Å². The molecule has 0 amide bonds. The lowest BCUT2D eigenvalue weighted by molar-refractivity contribution is 0.439. The third kappa shape index (κ3) is 0.925. The third-order valence-corrected chi connectivity index (χ3v) is 1.85. The highest BCUT2D eigenvalue weighted by molar-refractivity contribution is 5.88. The first kappa shape index (κ1) is 7.10. The second-order valence-corrected chi connectivity index (χ2v) is 2.62. The quantitative estimate of drug-likeness (QED) is 0.631. The lowest BCUT2D eigenvalue weighted by Gasteiger charge is -2.00. The fraction of sp³-hybridized carbons (Fsp3) is 0. The van der Waals surface area contributed by atoms with E-state index in [-0.39, 0.29) is 5.75 Å². The number of phenolic OH excluding ortho intramolecular Hbond substituents is 1. The Morgan fingerprint density at radius 1 is 1.00 bits per heavy atom. The van der Waals surface area contributed by atoms with Crippen LogP contribution in [0.3, 0.4) is 0 Å². The van der Waals surface area contributed by atoms with Gasteiger partial charge in [0.2, 0.25) is 0 Å². The summed E-state index contributed by atoms with van der Waals surface area (Å²) in [5.74, 6) is -0.846. The van der Waals surface area contributed by atoms with E-state index in [1.807, 2.05) is 12.1 Å². The van der Waals surface area contributed by atoms with Crippen LogP contribution in [0, 0.1) is 5.82 Å². The summed E-state index contributed by atoms with van der Waals surface area (Å²) in [5, 5.41) is 10.7. The molecule has 0 aromatic heterocycles. The Balaban J connectivity index is 2.91. The minimum Gasteiger partial charge on any atom is -0.504 e. The molecule has 2 heteroatoms. The molecule has 0 aliphatic carbocycles. The molecule has 0 atom stereocenters. The van der Waals surface area contributed by atoms with Crippen LogP contribution < -0.4 is 0 Å². The summed E-state index contributed by atoms with van der Waals surface area (Å²) in [5.41, 5.74) is 0. The number of hydrogen-bond acceptors (Lipinski definition) is 1. The van der Waals surface area contributed by atoms with Gasteiger partial charge in [-0.25, -0.2) is 4.39 Å². The highest BCUT2D eigenvalue weighted by atomic mass is 19.1. The second kappa shape index (κ2) is 2.48. The largest absolute Gasteiger partial charge is 0.504 e. The van der Waals surface area contributed by atoms with Gasteiger partial charge < -0.3 is 5.11 Å². The average Bonchev–Trinajstić information content (AvgIpc) is 2.12. The fourth-order valence-corrected chi connectivity index (χ4v) is 1.23. The molecule has 0 fully saturated rings. The van der Waals surface area contributed by atoms with Gasteiger partial charge in [0.05, 0.1) is 0 Å². The van der Waals surface area contributed by atoms with E-state index in [9.17, 15) is 9.50 Å². The van der Waals surface area contributed by atoms with Gasteiger partial charge in [-0.05, 0) is 11.5 Å². The van der Waals surface area contributed by atoms with Gasteiger partial charge in [-0.2, -0.15) is 0 Å². The Morgan fingerprint density at radius 2 is 1.75 bits per heavy atom. The number of halogens is 1. The van der Waals surface area contributed by atoms with E-state index in [0.717, 1.165) is 5.39 Å². The SMILES string of the molecule is Oc1c(F)ccc2ccccc12. The first-order chi connectivity index (χ1) is 5.79. The molecule has 0 radical (unpaired) electrons. The molecule has 0 spiro atoms. The van der Waals surface area contributed by atoms with Crippen LogP contribution in [0.5, 0.6) is 5.75 Å². The van der Waals surface area contributed by atoms with E-state index in [4.69, 9.17) is 0 Å². The zero-order chi connectivity index (χ0) is 8.55. The van der Waals surface area contributed by atoms with Gasteiger partial charge in [-0.1, -0.05) is 30.3 Å². The molecule has 1 N–H and O–H groups in total. The molecular formula is C10H7FO. The minimum absolute atomic E-state index is 0.270. The molecular weight excluding hydrogens is 155 g/mol. The lowest BCUT2D eigenvalue weighted by Crippen LogP contribution is -1.78. The Bertz CT molecular complexity index is 423. The highest BCUT2D eigenvalue weighted by Gasteiger charge is 2.03. The van der Waals surface area contributed by atoms with Crippen molar-refractivity contribution in [2.45, 2.75) is 0 Å². The molecule has 0 bridgehead atoms. The van der Waals surface area contributed by atoms with Crippen molar-refractivity contribution >= 4 is 10.8 Å². The molecule has 2 aromatic rings. The number of aromatic hydroxyl groups is 1. The van der Waals surface area contributed by atoms with Crippen molar-refractivity contribution in [2.24, 2.45) is 0 Å². The van der Waals surface area contributed by atoms with Crippen LogP contribution in [0.15, 0.2) is 36.4 Å². The van der Waals surface area contributed by atoms with Crippen molar-refractivity contribution in [1.82, 2.24) is 0 Å². The van der Waals surface area contributed by atoms with E-state index in [1.165, 1.54) is 6.07 Å². The molecule has 60 valence electrons. The van der Waals surface area contributed by atoms with Crippen LogP contribution in [0.25, 0.3) is 10.8 Å². The summed E-state index contributed by atoms with van der Waals surface area (Å²) < 4.78 is 12.8. The number of hydrogen-bond donors (Lipinski definition) is 1. The first-order valence-corrected chi connectivity index (χ1v) is 3.65. The number of fused-ring (bicyclic) bond motifs is 1. The first-order valence-electron chi connectivity index (χ1n) is 3.65. The molecule has 0 unspecified atom stereocenters. The van der Waals surface area contributed by atoms with Crippen LogP contribution in [0.4, 0.5) is 4.39 Å². The normalized spacial score (nSPS) is 10.4. The minimum atomic E-state index is -0.575. The predicted molar refractivity (Wildman–Crippen MR) is 45.6 cm³/mol. The van der Waals surface area contributed by atoms with Gasteiger partial charge in [0.25, 0.3) is 0 Å². The van der Waals surface area contributed by atoms with Crippen molar-refractivity contribution < 1.29 is 9.50 Å². The number of rotatable bonds is 0. The molecule has 0 heterocycles. The monoisotopic (exact) mass is 162 g/mol. The smallest absolute Gasteiger partial charge is 0.165 e. The van der Waals surface area contributed by atoms with E-state index in [1.54, 1.807) is 18.2 Å². The average molecular weight is 162 g/mol. The van der Waals surface area contributed by atoms with Crippen molar-refractivity contribution in [3.8, 4) is 5.75 Å². The van der Waals surface area contributed by atoms with E-state index < -0.39 is 5.82 Å². The molecule has 1 nitrogen and oxygen atoms in total. The molecule has 2 aromatic carbocycles. The van der Waals surface area contributed by atoms with E-state index in [2.05, 4.69) is 0 Å². The Kier molecular flexibility index (Phi) is 1.47. The lowest BCUT2D eigenvalue weighted by atomic mass is 10.1. The summed E-state index contributed by atoms with van der Waals surface area (Å²) in [6.07, 6.45) is 0. The standard InChI is InChI=1S/C10H7FO/c11-9-6-5-7-3-1-2-4-8(7)10(9)12/h1-6,12H. The van der Waals surface area contributed by atoms with Crippen LogP contribution in [0.2, 0.25) is 0 Å². The Morgan fingerprint density at radius 3 is 2.58 bits per heavy atom.